The molecule has 0 fully saturated rings. The Bertz CT molecular complexity index is 640. The summed E-state index contributed by atoms with van der Waals surface area (Å²) in [5.74, 6) is -1.32. The number of rotatable bonds is 4. The van der Waals surface area contributed by atoms with Crippen LogP contribution in [-0.4, -0.2) is 24.5 Å². The number of amides is 1. The van der Waals surface area contributed by atoms with E-state index >= 15 is 0 Å². The summed E-state index contributed by atoms with van der Waals surface area (Å²) in [5.41, 5.74) is 6.11. The Labute approximate surface area is 116 Å². The normalized spacial score (nSPS) is 11.9. The third kappa shape index (κ3) is 3.13. The number of esters is 1. The van der Waals surface area contributed by atoms with Gasteiger partial charge in [0.15, 0.2) is 6.04 Å². The number of fused-ring (bicyclic) bond motifs is 1. The molecule has 20 heavy (non-hydrogen) atoms. The lowest BCUT2D eigenvalue weighted by atomic mass is 10.1. The lowest BCUT2D eigenvalue weighted by Crippen LogP contribution is -2.43. The van der Waals surface area contributed by atoms with Crippen LogP contribution in [0.15, 0.2) is 42.5 Å². The number of nitrogens with two attached hydrogens (primary N) is 1. The van der Waals surface area contributed by atoms with Crippen molar-refractivity contribution in [3.05, 3.63) is 42.5 Å². The first-order valence-corrected chi connectivity index (χ1v) is 6.33. The third-order valence-corrected chi connectivity index (χ3v) is 2.84. The van der Waals surface area contributed by atoms with E-state index in [9.17, 15) is 9.59 Å². The van der Waals surface area contributed by atoms with Gasteiger partial charge < -0.3 is 15.8 Å². The van der Waals surface area contributed by atoms with E-state index in [1.54, 1.807) is 13.0 Å². The summed E-state index contributed by atoms with van der Waals surface area (Å²) < 4.78 is 4.71. The lowest BCUT2D eigenvalue weighted by molar-refractivity contribution is -0.146. The van der Waals surface area contributed by atoms with Gasteiger partial charge in [0.05, 0.1) is 6.61 Å². The van der Waals surface area contributed by atoms with Crippen molar-refractivity contribution in [3.63, 3.8) is 0 Å². The molecule has 0 heterocycles. The van der Waals surface area contributed by atoms with Crippen LogP contribution < -0.4 is 11.1 Å². The molecular formula is C15H16N2O3. The zero-order valence-electron chi connectivity index (χ0n) is 11.1. The van der Waals surface area contributed by atoms with Crippen molar-refractivity contribution >= 4 is 28.3 Å². The Hall–Kier alpha value is -2.40. The predicted octanol–water partition coefficient (Wildman–Crippen LogP) is 1.67. The number of ether oxygens (including phenoxy) is 1. The molecule has 5 heteroatoms. The van der Waals surface area contributed by atoms with Crippen LogP contribution in [-0.2, 0) is 14.3 Å². The zero-order valence-corrected chi connectivity index (χ0v) is 11.1. The van der Waals surface area contributed by atoms with Crippen molar-refractivity contribution in [2.75, 3.05) is 11.9 Å². The number of hydrogen-bond acceptors (Lipinski definition) is 4. The molecule has 0 saturated carbocycles. The van der Waals surface area contributed by atoms with Crippen LogP contribution in [0, 0.1) is 0 Å². The van der Waals surface area contributed by atoms with Crippen LogP contribution in [0.2, 0.25) is 0 Å². The molecule has 0 saturated heterocycles. The van der Waals surface area contributed by atoms with Gasteiger partial charge in [-0.3, -0.25) is 4.79 Å². The molecule has 1 amide bonds. The smallest absolute Gasteiger partial charge is 0.332 e. The lowest BCUT2D eigenvalue weighted by Gasteiger charge is -2.11. The van der Waals surface area contributed by atoms with E-state index in [4.69, 9.17) is 10.5 Å². The van der Waals surface area contributed by atoms with Gasteiger partial charge in [-0.1, -0.05) is 30.3 Å². The van der Waals surface area contributed by atoms with E-state index in [0.717, 1.165) is 10.8 Å². The van der Waals surface area contributed by atoms with Crippen molar-refractivity contribution in [2.24, 2.45) is 5.73 Å². The summed E-state index contributed by atoms with van der Waals surface area (Å²) in [4.78, 5) is 23.2. The maximum atomic E-state index is 11.8. The second kappa shape index (κ2) is 6.16. The maximum Gasteiger partial charge on any atom is 0.332 e. The van der Waals surface area contributed by atoms with Gasteiger partial charge in [0.25, 0.3) is 5.91 Å². The van der Waals surface area contributed by atoms with E-state index in [-0.39, 0.29) is 6.61 Å². The first-order chi connectivity index (χ1) is 9.61. The molecule has 0 radical (unpaired) electrons. The number of hydrogen-bond donors (Lipinski definition) is 2. The molecule has 1 atom stereocenters. The standard InChI is InChI=1S/C15H16N2O3/c1-2-20-15(19)13(16)14(18)17-12-8-7-10-5-3-4-6-11(10)9-12/h3-9,13H,2,16H2,1H3,(H,17,18). The highest BCUT2D eigenvalue weighted by Gasteiger charge is 2.23. The molecule has 1 unspecified atom stereocenters. The first-order valence-electron chi connectivity index (χ1n) is 6.33. The fraction of sp³-hybridized carbons (Fsp3) is 0.200. The molecule has 5 nitrogen and oxygen atoms in total. The van der Waals surface area contributed by atoms with Gasteiger partial charge >= 0.3 is 5.97 Å². The van der Waals surface area contributed by atoms with Crippen molar-refractivity contribution in [3.8, 4) is 0 Å². The van der Waals surface area contributed by atoms with Crippen molar-refractivity contribution in [1.29, 1.82) is 0 Å². The van der Waals surface area contributed by atoms with Gasteiger partial charge in [-0.25, -0.2) is 4.79 Å². The summed E-state index contributed by atoms with van der Waals surface area (Å²) in [6.45, 7) is 1.85. The minimum Gasteiger partial charge on any atom is -0.464 e. The second-order valence-corrected chi connectivity index (χ2v) is 4.28. The largest absolute Gasteiger partial charge is 0.464 e. The van der Waals surface area contributed by atoms with Crippen LogP contribution in [0.1, 0.15) is 6.92 Å². The molecule has 0 aliphatic heterocycles. The summed E-state index contributed by atoms with van der Waals surface area (Å²) >= 11 is 0. The highest BCUT2D eigenvalue weighted by Crippen LogP contribution is 2.18. The van der Waals surface area contributed by atoms with Gasteiger partial charge in [0, 0.05) is 5.69 Å². The minimum atomic E-state index is -1.32. The monoisotopic (exact) mass is 272 g/mol. The second-order valence-electron chi connectivity index (χ2n) is 4.28. The van der Waals surface area contributed by atoms with E-state index in [0.29, 0.717) is 5.69 Å². The number of anilines is 1. The van der Waals surface area contributed by atoms with Gasteiger partial charge in [0.1, 0.15) is 0 Å². The van der Waals surface area contributed by atoms with Crippen LogP contribution in [0.5, 0.6) is 0 Å². The van der Waals surface area contributed by atoms with E-state index in [2.05, 4.69) is 5.32 Å². The number of benzene rings is 2. The Morgan fingerprint density at radius 1 is 1.20 bits per heavy atom. The van der Waals surface area contributed by atoms with Crippen LogP contribution in [0.3, 0.4) is 0 Å². The summed E-state index contributed by atoms with van der Waals surface area (Å²) in [7, 11) is 0. The molecule has 0 aliphatic carbocycles. The average molecular weight is 272 g/mol. The topological polar surface area (TPSA) is 81.4 Å². The number of carbonyl (C=O) groups excluding carboxylic acids is 2. The Morgan fingerprint density at radius 2 is 1.90 bits per heavy atom. The predicted molar refractivity (Wildman–Crippen MR) is 77.2 cm³/mol. The Kier molecular flexibility index (Phi) is 4.32. The molecule has 0 spiro atoms. The van der Waals surface area contributed by atoms with Crippen molar-refractivity contribution < 1.29 is 14.3 Å². The summed E-state index contributed by atoms with van der Waals surface area (Å²) in [6.07, 6.45) is 0. The third-order valence-electron chi connectivity index (χ3n) is 2.84. The van der Waals surface area contributed by atoms with Gasteiger partial charge in [0.2, 0.25) is 0 Å². The van der Waals surface area contributed by atoms with E-state index in [1.807, 2.05) is 36.4 Å². The minimum absolute atomic E-state index is 0.190. The molecule has 0 bridgehead atoms. The van der Waals surface area contributed by atoms with Crippen LogP contribution >= 0.6 is 0 Å². The van der Waals surface area contributed by atoms with Gasteiger partial charge in [-0.05, 0) is 29.8 Å². The molecular weight excluding hydrogens is 256 g/mol. The highest BCUT2D eigenvalue weighted by atomic mass is 16.5. The van der Waals surface area contributed by atoms with E-state index in [1.165, 1.54) is 0 Å². The summed E-state index contributed by atoms with van der Waals surface area (Å²) in [5, 5.41) is 4.67. The molecule has 2 aromatic rings. The highest BCUT2D eigenvalue weighted by molar-refractivity contribution is 6.08. The summed E-state index contributed by atoms with van der Waals surface area (Å²) in [6, 6.07) is 11.9. The molecule has 3 N–H and O–H groups in total. The van der Waals surface area contributed by atoms with Crippen molar-refractivity contribution in [2.45, 2.75) is 13.0 Å². The molecule has 2 rings (SSSR count). The molecule has 0 aliphatic rings. The Balaban J connectivity index is 2.11. The maximum absolute atomic E-state index is 11.8. The molecule has 104 valence electrons. The fourth-order valence-electron chi connectivity index (χ4n) is 1.83. The molecule has 0 aromatic heterocycles. The molecule has 2 aromatic carbocycles. The van der Waals surface area contributed by atoms with Gasteiger partial charge in [-0.15, -0.1) is 0 Å². The van der Waals surface area contributed by atoms with Crippen LogP contribution in [0.25, 0.3) is 10.8 Å². The van der Waals surface area contributed by atoms with Gasteiger partial charge in [-0.2, -0.15) is 0 Å². The van der Waals surface area contributed by atoms with Crippen LogP contribution in [0.4, 0.5) is 5.69 Å². The number of carbonyl (C=O) groups is 2. The van der Waals surface area contributed by atoms with Crippen molar-refractivity contribution in [1.82, 2.24) is 0 Å². The zero-order chi connectivity index (χ0) is 14.5. The Morgan fingerprint density at radius 3 is 2.60 bits per heavy atom. The SMILES string of the molecule is CCOC(=O)C(N)C(=O)Nc1ccc2ccccc2c1. The fourth-order valence-corrected chi connectivity index (χ4v) is 1.83. The number of nitrogens with one attached hydrogen (secondary N) is 1. The first kappa shape index (κ1) is 14.0. The quantitative estimate of drug-likeness (QED) is 0.655. The van der Waals surface area contributed by atoms with E-state index < -0.39 is 17.9 Å². The average Bonchev–Trinajstić information content (AvgIpc) is 2.46.